The third-order valence-electron chi connectivity index (χ3n) is 3.19. The fourth-order valence-electron chi connectivity index (χ4n) is 1.92. The van der Waals surface area contributed by atoms with E-state index in [-0.39, 0.29) is 11.4 Å². The van der Waals surface area contributed by atoms with E-state index >= 15 is 0 Å². The summed E-state index contributed by atoms with van der Waals surface area (Å²) in [6.07, 6.45) is 1.24. The molecule has 5 nitrogen and oxygen atoms in total. The summed E-state index contributed by atoms with van der Waals surface area (Å²) < 4.78 is 0. The lowest BCUT2D eigenvalue weighted by Crippen LogP contribution is -2.15. The van der Waals surface area contributed by atoms with E-state index in [1.807, 2.05) is 6.07 Å². The minimum absolute atomic E-state index is 0.121. The predicted molar refractivity (Wildman–Crippen MR) is 98.9 cm³/mol. The molecule has 2 N–H and O–H groups in total. The van der Waals surface area contributed by atoms with Gasteiger partial charge < -0.3 is 10.6 Å². The highest BCUT2D eigenvalue weighted by Crippen LogP contribution is 2.25. The van der Waals surface area contributed by atoms with Crippen LogP contribution in [-0.2, 0) is 4.79 Å². The first-order valence-electron chi connectivity index (χ1n) is 7.15. The van der Waals surface area contributed by atoms with Gasteiger partial charge in [0.25, 0.3) is 5.91 Å². The maximum atomic E-state index is 12.2. The van der Waals surface area contributed by atoms with Crippen LogP contribution in [-0.4, -0.2) is 11.7 Å². The molecular formula is C18H13Cl2N3O2. The van der Waals surface area contributed by atoms with Crippen LogP contribution in [0.4, 0.5) is 11.4 Å². The Morgan fingerprint density at radius 2 is 1.92 bits per heavy atom. The third-order valence-corrected chi connectivity index (χ3v) is 3.76. The van der Waals surface area contributed by atoms with Crippen molar-refractivity contribution in [3.05, 3.63) is 69.8 Å². The maximum absolute atomic E-state index is 12.2. The Balaban J connectivity index is 2.15. The largest absolute Gasteiger partial charge is 0.359 e. The number of Topliss-reactive ketones (excluding diaryl/α,β-unsaturated/α-hetero) is 1. The van der Waals surface area contributed by atoms with Gasteiger partial charge in [0.2, 0.25) is 0 Å². The Morgan fingerprint density at radius 1 is 1.16 bits per heavy atom. The van der Waals surface area contributed by atoms with E-state index in [0.717, 1.165) is 0 Å². The fourth-order valence-corrected chi connectivity index (χ4v) is 2.27. The van der Waals surface area contributed by atoms with Crippen LogP contribution in [0, 0.1) is 11.3 Å². The van der Waals surface area contributed by atoms with Crippen molar-refractivity contribution in [3.8, 4) is 6.07 Å². The number of hydrogen-bond donors (Lipinski definition) is 2. The summed E-state index contributed by atoms with van der Waals surface area (Å²) in [6.45, 7) is 1.43. The topological polar surface area (TPSA) is 82.0 Å². The summed E-state index contributed by atoms with van der Waals surface area (Å²) in [6, 6.07) is 13.1. The normalized spacial score (nSPS) is 10.7. The molecule has 0 saturated carbocycles. The minimum atomic E-state index is -0.617. The van der Waals surface area contributed by atoms with Crippen LogP contribution >= 0.6 is 23.2 Å². The van der Waals surface area contributed by atoms with Crippen LogP contribution in [0.25, 0.3) is 0 Å². The molecule has 0 atom stereocenters. The molecule has 0 fully saturated rings. The zero-order chi connectivity index (χ0) is 18.4. The Kier molecular flexibility index (Phi) is 6.18. The van der Waals surface area contributed by atoms with Crippen LogP contribution in [0.3, 0.4) is 0 Å². The first-order chi connectivity index (χ1) is 11.9. The van der Waals surface area contributed by atoms with E-state index in [1.165, 1.54) is 19.2 Å². The van der Waals surface area contributed by atoms with Gasteiger partial charge in [-0.1, -0.05) is 35.3 Å². The summed E-state index contributed by atoms with van der Waals surface area (Å²) >= 11 is 11.9. The standard InChI is InChI=1S/C18H13Cl2N3O2/c1-11(24)12-3-2-4-15(7-12)23-18(25)13(9-21)10-22-17-8-14(19)5-6-16(17)20/h2-8,10,22H,1H3,(H,23,25)/b13-10-. The Hall–Kier alpha value is -2.81. The number of halogens is 2. The van der Waals surface area contributed by atoms with Gasteiger partial charge in [-0.2, -0.15) is 5.26 Å². The number of anilines is 2. The number of carbonyl (C=O) groups excluding carboxylic acids is 2. The first-order valence-corrected chi connectivity index (χ1v) is 7.90. The molecule has 0 aliphatic rings. The zero-order valence-electron chi connectivity index (χ0n) is 13.1. The molecule has 7 heteroatoms. The van der Waals surface area contributed by atoms with Gasteiger partial charge in [-0.25, -0.2) is 0 Å². The van der Waals surface area contributed by atoms with Gasteiger partial charge in [-0.15, -0.1) is 0 Å². The van der Waals surface area contributed by atoms with Crippen LogP contribution in [0.15, 0.2) is 54.2 Å². The minimum Gasteiger partial charge on any atom is -0.359 e. The van der Waals surface area contributed by atoms with Gasteiger partial charge >= 0.3 is 0 Å². The number of nitrogens with one attached hydrogen (secondary N) is 2. The van der Waals surface area contributed by atoms with Crippen molar-refractivity contribution in [3.63, 3.8) is 0 Å². The number of nitrogens with zero attached hydrogens (tertiary/aromatic N) is 1. The molecule has 0 aliphatic carbocycles. The van der Waals surface area contributed by atoms with Crippen molar-refractivity contribution in [2.75, 3.05) is 10.6 Å². The molecule has 0 aromatic heterocycles. The summed E-state index contributed by atoms with van der Waals surface area (Å²) in [5.74, 6) is -0.738. The maximum Gasteiger partial charge on any atom is 0.267 e. The first kappa shape index (κ1) is 18.5. The third kappa shape index (κ3) is 5.08. The van der Waals surface area contributed by atoms with Crippen molar-refractivity contribution in [1.29, 1.82) is 5.26 Å². The summed E-state index contributed by atoms with van der Waals surface area (Å²) in [4.78, 5) is 23.6. The number of amides is 1. The molecule has 0 radical (unpaired) electrons. The van der Waals surface area contributed by atoms with Crippen LogP contribution in [0.2, 0.25) is 10.0 Å². The van der Waals surface area contributed by atoms with E-state index < -0.39 is 5.91 Å². The predicted octanol–water partition coefficient (Wildman–Crippen LogP) is 4.65. The van der Waals surface area contributed by atoms with Crippen LogP contribution in [0.1, 0.15) is 17.3 Å². The Morgan fingerprint density at radius 3 is 2.60 bits per heavy atom. The number of nitriles is 1. The Labute approximate surface area is 154 Å². The molecule has 0 heterocycles. The van der Waals surface area contributed by atoms with Gasteiger partial charge in [-0.05, 0) is 37.3 Å². The highest BCUT2D eigenvalue weighted by atomic mass is 35.5. The fraction of sp³-hybridized carbons (Fsp3) is 0.0556. The molecule has 0 unspecified atom stereocenters. The average molecular weight is 374 g/mol. The van der Waals surface area contributed by atoms with Crippen molar-refractivity contribution < 1.29 is 9.59 Å². The lowest BCUT2D eigenvalue weighted by molar-refractivity contribution is -0.112. The number of ketones is 1. The van der Waals surface area contributed by atoms with Gasteiger partial charge in [0, 0.05) is 22.5 Å². The lowest BCUT2D eigenvalue weighted by Gasteiger charge is -2.07. The van der Waals surface area contributed by atoms with Gasteiger partial charge in [-0.3, -0.25) is 9.59 Å². The molecule has 2 aromatic rings. The highest BCUT2D eigenvalue weighted by Gasteiger charge is 2.11. The van der Waals surface area contributed by atoms with E-state index in [0.29, 0.717) is 27.0 Å². The molecule has 0 saturated heterocycles. The van der Waals surface area contributed by atoms with Gasteiger partial charge in [0.15, 0.2) is 5.78 Å². The summed E-state index contributed by atoms with van der Waals surface area (Å²) in [5.41, 5.74) is 1.18. The van der Waals surface area contributed by atoms with Crippen molar-refractivity contribution >= 4 is 46.3 Å². The molecule has 0 spiro atoms. The van der Waals surface area contributed by atoms with E-state index in [2.05, 4.69) is 10.6 Å². The monoisotopic (exact) mass is 373 g/mol. The van der Waals surface area contributed by atoms with E-state index in [1.54, 1.807) is 36.4 Å². The second-order valence-corrected chi connectivity index (χ2v) is 5.87. The molecule has 1 amide bonds. The lowest BCUT2D eigenvalue weighted by atomic mass is 10.1. The average Bonchev–Trinajstić information content (AvgIpc) is 2.58. The summed E-state index contributed by atoms with van der Waals surface area (Å²) in [5, 5.41) is 15.4. The van der Waals surface area contributed by atoms with Crippen molar-refractivity contribution in [1.82, 2.24) is 0 Å². The van der Waals surface area contributed by atoms with Crippen molar-refractivity contribution in [2.45, 2.75) is 6.92 Å². The number of benzene rings is 2. The zero-order valence-corrected chi connectivity index (χ0v) is 14.7. The molecule has 0 aliphatic heterocycles. The molecular weight excluding hydrogens is 361 g/mol. The van der Waals surface area contributed by atoms with Crippen molar-refractivity contribution in [2.24, 2.45) is 0 Å². The molecule has 2 rings (SSSR count). The molecule has 0 bridgehead atoms. The quantitative estimate of drug-likeness (QED) is 0.453. The number of hydrogen-bond acceptors (Lipinski definition) is 4. The second kappa shape index (κ2) is 8.34. The smallest absolute Gasteiger partial charge is 0.267 e. The molecule has 25 heavy (non-hydrogen) atoms. The molecule has 126 valence electrons. The SMILES string of the molecule is CC(=O)c1cccc(NC(=O)/C(C#N)=C\Nc2cc(Cl)ccc2Cl)c1. The number of rotatable bonds is 5. The highest BCUT2D eigenvalue weighted by molar-refractivity contribution is 6.35. The van der Waals surface area contributed by atoms with E-state index in [4.69, 9.17) is 23.2 Å². The van der Waals surface area contributed by atoms with Crippen LogP contribution in [0.5, 0.6) is 0 Å². The number of carbonyl (C=O) groups is 2. The van der Waals surface area contributed by atoms with Crippen LogP contribution < -0.4 is 10.6 Å². The summed E-state index contributed by atoms with van der Waals surface area (Å²) in [7, 11) is 0. The van der Waals surface area contributed by atoms with Gasteiger partial charge in [0.05, 0.1) is 10.7 Å². The molecule has 2 aromatic carbocycles. The van der Waals surface area contributed by atoms with Gasteiger partial charge in [0.1, 0.15) is 11.6 Å². The Bertz CT molecular complexity index is 901. The van der Waals surface area contributed by atoms with E-state index in [9.17, 15) is 14.9 Å². The second-order valence-electron chi connectivity index (χ2n) is 5.03.